The van der Waals surface area contributed by atoms with Gasteiger partial charge in [0.1, 0.15) is 5.69 Å². The number of nitro benzene ring substituents is 1. The molecule has 0 N–H and O–H groups in total. The maximum absolute atomic E-state index is 11.1. The Morgan fingerprint density at radius 3 is 2.67 bits per heavy atom. The molecule has 1 heterocycles. The fraction of sp³-hybridized carbons (Fsp3) is 0.500. The van der Waals surface area contributed by atoms with E-state index in [4.69, 9.17) is 10.00 Å². The standard InChI is InChI=1S/C14H18N4O3/c1-21-9-8-16-4-6-17(7-5-16)14-10-12(11-15)2-3-13(14)18(19)20/h2-3,10H,4-9H2,1H3. The van der Waals surface area contributed by atoms with E-state index in [9.17, 15) is 10.1 Å². The lowest BCUT2D eigenvalue weighted by molar-refractivity contribution is -0.384. The van der Waals surface area contributed by atoms with Crippen LogP contribution in [0.4, 0.5) is 11.4 Å². The number of nitro groups is 1. The highest BCUT2D eigenvalue weighted by atomic mass is 16.6. The Kier molecular flexibility index (Phi) is 5.09. The molecule has 112 valence electrons. The molecule has 0 radical (unpaired) electrons. The number of hydrogen-bond donors (Lipinski definition) is 0. The van der Waals surface area contributed by atoms with E-state index in [0.717, 1.165) is 19.6 Å². The molecule has 0 amide bonds. The summed E-state index contributed by atoms with van der Waals surface area (Å²) < 4.78 is 5.06. The van der Waals surface area contributed by atoms with E-state index in [1.165, 1.54) is 12.1 Å². The second kappa shape index (κ2) is 7.02. The van der Waals surface area contributed by atoms with Crippen molar-refractivity contribution in [1.82, 2.24) is 4.90 Å². The van der Waals surface area contributed by atoms with Gasteiger partial charge in [0.05, 0.1) is 23.2 Å². The zero-order valence-corrected chi connectivity index (χ0v) is 12.0. The predicted molar refractivity (Wildman–Crippen MR) is 78.3 cm³/mol. The second-order valence-corrected chi connectivity index (χ2v) is 4.89. The highest BCUT2D eigenvalue weighted by molar-refractivity contribution is 5.66. The summed E-state index contributed by atoms with van der Waals surface area (Å²) in [6.07, 6.45) is 0. The number of hydrogen-bond acceptors (Lipinski definition) is 6. The number of anilines is 1. The van der Waals surface area contributed by atoms with Gasteiger partial charge in [0.2, 0.25) is 0 Å². The van der Waals surface area contributed by atoms with E-state index in [-0.39, 0.29) is 5.69 Å². The monoisotopic (exact) mass is 290 g/mol. The van der Waals surface area contributed by atoms with E-state index in [0.29, 0.717) is 30.9 Å². The Labute approximate surface area is 123 Å². The summed E-state index contributed by atoms with van der Waals surface area (Å²) in [5.41, 5.74) is 1.03. The van der Waals surface area contributed by atoms with Gasteiger partial charge in [-0.15, -0.1) is 0 Å². The molecular weight excluding hydrogens is 272 g/mol. The number of nitriles is 1. The van der Waals surface area contributed by atoms with Crippen molar-refractivity contribution < 1.29 is 9.66 Å². The lowest BCUT2D eigenvalue weighted by Crippen LogP contribution is -2.47. The molecule has 0 unspecified atom stereocenters. The molecule has 1 saturated heterocycles. The minimum absolute atomic E-state index is 0.0549. The van der Waals surface area contributed by atoms with Crippen LogP contribution in [0.15, 0.2) is 18.2 Å². The SMILES string of the molecule is COCCN1CCN(c2cc(C#N)ccc2[N+](=O)[O-])CC1. The number of ether oxygens (including phenoxy) is 1. The Morgan fingerprint density at radius 1 is 1.38 bits per heavy atom. The van der Waals surface area contributed by atoms with Crippen molar-refractivity contribution in [3.05, 3.63) is 33.9 Å². The number of benzene rings is 1. The Morgan fingerprint density at radius 2 is 2.10 bits per heavy atom. The van der Waals surface area contributed by atoms with E-state index in [1.807, 2.05) is 11.0 Å². The minimum Gasteiger partial charge on any atom is -0.383 e. The highest BCUT2D eigenvalue weighted by Crippen LogP contribution is 2.29. The van der Waals surface area contributed by atoms with Crippen molar-refractivity contribution >= 4 is 11.4 Å². The first-order valence-corrected chi connectivity index (χ1v) is 6.80. The number of piperazine rings is 1. The summed E-state index contributed by atoms with van der Waals surface area (Å²) in [4.78, 5) is 15.0. The molecule has 0 bridgehead atoms. The third-order valence-electron chi connectivity index (χ3n) is 3.63. The van der Waals surface area contributed by atoms with Crippen LogP contribution in [0.25, 0.3) is 0 Å². The smallest absolute Gasteiger partial charge is 0.292 e. The Bertz CT molecular complexity index is 548. The molecule has 0 spiro atoms. The molecule has 1 fully saturated rings. The van der Waals surface area contributed by atoms with Crippen molar-refractivity contribution in [3.63, 3.8) is 0 Å². The third kappa shape index (κ3) is 3.68. The first kappa shape index (κ1) is 15.2. The van der Waals surface area contributed by atoms with Crippen molar-refractivity contribution in [2.24, 2.45) is 0 Å². The van der Waals surface area contributed by atoms with Crippen LogP contribution in [0.1, 0.15) is 5.56 Å². The molecule has 7 heteroatoms. The van der Waals surface area contributed by atoms with Crippen LogP contribution in [0.5, 0.6) is 0 Å². The average Bonchev–Trinajstić information content (AvgIpc) is 2.52. The first-order valence-electron chi connectivity index (χ1n) is 6.80. The zero-order valence-electron chi connectivity index (χ0n) is 12.0. The van der Waals surface area contributed by atoms with Crippen LogP contribution in [-0.2, 0) is 4.74 Å². The fourth-order valence-electron chi connectivity index (χ4n) is 2.43. The van der Waals surface area contributed by atoms with Gasteiger partial charge in [0.25, 0.3) is 5.69 Å². The Hall–Kier alpha value is -2.17. The van der Waals surface area contributed by atoms with Crippen molar-refractivity contribution in [1.29, 1.82) is 5.26 Å². The van der Waals surface area contributed by atoms with Crippen molar-refractivity contribution in [3.8, 4) is 6.07 Å². The molecule has 7 nitrogen and oxygen atoms in total. The van der Waals surface area contributed by atoms with Gasteiger partial charge < -0.3 is 9.64 Å². The van der Waals surface area contributed by atoms with E-state index < -0.39 is 4.92 Å². The number of methoxy groups -OCH3 is 1. The highest BCUT2D eigenvalue weighted by Gasteiger charge is 2.23. The largest absolute Gasteiger partial charge is 0.383 e. The van der Waals surface area contributed by atoms with E-state index >= 15 is 0 Å². The van der Waals surface area contributed by atoms with Crippen LogP contribution in [0, 0.1) is 21.4 Å². The molecule has 0 aliphatic carbocycles. The Balaban J connectivity index is 2.12. The predicted octanol–water partition coefficient (Wildman–Crippen LogP) is 1.23. The summed E-state index contributed by atoms with van der Waals surface area (Å²) in [7, 11) is 1.67. The van der Waals surface area contributed by atoms with Gasteiger partial charge in [-0.1, -0.05) is 0 Å². The van der Waals surface area contributed by atoms with Gasteiger partial charge in [-0.05, 0) is 12.1 Å². The number of nitrogens with zero attached hydrogens (tertiary/aromatic N) is 4. The van der Waals surface area contributed by atoms with Crippen molar-refractivity contribution in [2.75, 3.05) is 51.3 Å². The molecule has 1 aromatic carbocycles. The second-order valence-electron chi connectivity index (χ2n) is 4.89. The van der Waals surface area contributed by atoms with Crippen LogP contribution < -0.4 is 4.90 Å². The normalized spacial score (nSPS) is 15.7. The molecule has 2 rings (SSSR count). The lowest BCUT2D eigenvalue weighted by Gasteiger charge is -2.35. The van der Waals surface area contributed by atoms with Gasteiger partial charge in [-0.3, -0.25) is 15.0 Å². The van der Waals surface area contributed by atoms with E-state index in [1.54, 1.807) is 13.2 Å². The van der Waals surface area contributed by atoms with Gasteiger partial charge in [-0.25, -0.2) is 0 Å². The average molecular weight is 290 g/mol. The first-order chi connectivity index (χ1) is 10.2. The fourth-order valence-corrected chi connectivity index (χ4v) is 2.43. The maximum Gasteiger partial charge on any atom is 0.292 e. The summed E-state index contributed by atoms with van der Waals surface area (Å²) in [5, 5.41) is 20.1. The molecular formula is C14H18N4O3. The van der Waals surface area contributed by atoms with Gasteiger partial charge >= 0.3 is 0 Å². The van der Waals surface area contributed by atoms with Gasteiger partial charge in [-0.2, -0.15) is 5.26 Å². The quantitative estimate of drug-likeness (QED) is 0.599. The van der Waals surface area contributed by atoms with Gasteiger partial charge in [0.15, 0.2) is 0 Å². The van der Waals surface area contributed by atoms with Gasteiger partial charge in [0, 0.05) is 45.9 Å². The number of rotatable bonds is 5. The van der Waals surface area contributed by atoms with Crippen LogP contribution in [0.3, 0.4) is 0 Å². The molecule has 21 heavy (non-hydrogen) atoms. The van der Waals surface area contributed by atoms with Crippen LogP contribution >= 0.6 is 0 Å². The summed E-state index contributed by atoms with van der Waals surface area (Å²) in [6.45, 7) is 4.63. The molecule has 0 saturated carbocycles. The summed E-state index contributed by atoms with van der Waals surface area (Å²) in [5.74, 6) is 0. The molecule has 0 aromatic heterocycles. The van der Waals surface area contributed by atoms with E-state index in [2.05, 4.69) is 4.90 Å². The maximum atomic E-state index is 11.1. The summed E-state index contributed by atoms with van der Waals surface area (Å²) in [6, 6.07) is 6.52. The topological polar surface area (TPSA) is 82.6 Å². The third-order valence-corrected chi connectivity index (χ3v) is 3.63. The molecule has 1 aliphatic heterocycles. The van der Waals surface area contributed by atoms with Crippen molar-refractivity contribution in [2.45, 2.75) is 0 Å². The van der Waals surface area contributed by atoms with Crippen LogP contribution in [-0.4, -0.2) is 56.3 Å². The lowest BCUT2D eigenvalue weighted by atomic mass is 10.1. The zero-order chi connectivity index (χ0) is 15.2. The minimum atomic E-state index is -0.395. The molecule has 1 aromatic rings. The molecule has 0 atom stereocenters. The summed E-state index contributed by atoms with van der Waals surface area (Å²) >= 11 is 0. The van der Waals surface area contributed by atoms with Crippen LogP contribution in [0.2, 0.25) is 0 Å². The molecule has 1 aliphatic rings.